The molecule has 3 amide bonds. The zero-order valence-electron chi connectivity index (χ0n) is 22.4. The van der Waals surface area contributed by atoms with Crippen molar-refractivity contribution in [2.75, 3.05) is 30.4 Å². The van der Waals surface area contributed by atoms with Crippen LogP contribution >= 0.6 is 23.2 Å². The number of hydrogen-bond acceptors (Lipinski definition) is 5. The molecule has 1 saturated carbocycles. The maximum absolute atomic E-state index is 16.0. The first-order chi connectivity index (χ1) is 19.6. The summed E-state index contributed by atoms with van der Waals surface area (Å²) < 4.78 is 16.0. The zero-order chi connectivity index (χ0) is 29.7. The fraction of sp³-hybridized carbons (Fsp3) is 0.300. The Morgan fingerprint density at radius 1 is 1.20 bits per heavy atom. The van der Waals surface area contributed by atoms with E-state index < -0.39 is 35.5 Å². The molecule has 216 valence electrons. The van der Waals surface area contributed by atoms with Crippen molar-refractivity contribution in [2.45, 2.75) is 18.9 Å². The van der Waals surface area contributed by atoms with Crippen molar-refractivity contribution in [1.29, 1.82) is 0 Å². The highest BCUT2D eigenvalue weighted by Crippen LogP contribution is 2.41. The van der Waals surface area contributed by atoms with Gasteiger partial charge in [0.15, 0.2) is 0 Å². The van der Waals surface area contributed by atoms with E-state index in [4.69, 9.17) is 28.4 Å². The van der Waals surface area contributed by atoms with E-state index in [-0.39, 0.29) is 23.0 Å². The van der Waals surface area contributed by atoms with Gasteiger partial charge in [-0.1, -0.05) is 41.9 Å². The molecule has 0 aromatic heterocycles. The number of allylic oxidation sites excluding steroid dienone is 4. The monoisotopic (exact) mass is 600 g/mol. The van der Waals surface area contributed by atoms with Crippen LogP contribution in [0.2, 0.25) is 5.02 Å². The van der Waals surface area contributed by atoms with Crippen molar-refractivity contribution in [1.82, 2.24) is 10.4 Å². The van der Waals surface area contributed by atoms with Crippen LogP contribution in [0.25, 0.3) is 0 Å². The normalized spacial score (nSPS) is 21.1. The van der Waals surface area contributed by atoms with Crippen molar-refractivity contribution in [3.05, 3.63) is 94.8 Å². The quantitative estimate of drug-likeness (QED) is 0.188. The molecule has 2 unspecified atom stereocenters. The van der Waals surface area contributed by atoms with Gasteiger partial charge >= 0.3 is 0 Å². The predicted molar refractivity (Wildman–Crippen MR) is 158 cm³/mol. The van der Waals surface area contributed by atoms with E-state index in [1.54, 1.807) is 48.9 Å². The fourth-order valence-electron chi connectivity index (χ4n) is 5.07. The highest BCUT2D eigenvalue weighted by atomic mass is 35.5. The molecule has 1 aliphatic carbocycles. The summed E-state index contributed by atoms with van der Waals surface area (Å²) in [5, 5.41) is 12.4. The molecule has 41 heavy (non-hydrogen) atoms. The number of carbonyl (C=O) groups is 3. The van der Waals surface area contributed by atoms with Crippen LogP contribution in [0.1, 0.15) is 23.2 Å². The lowest BCUT2D eigenvalue weighted by molar-refractivity contribution is -0.123. The summed E-state index contributed by atoms with van der Waals surface area (Å²) in [5.41, 5.74) is 2.69. The molecule has 3 N–H and O–H groups in total. The highest BCUT2D eigenvalue weighted by molar-refractivity contribution is 6.31. The molecule has 1 saturated heterocycles. The van der Waals surface area contributed by atoms with Crippen LogP contribution in [-0.2, 0) is 9.59 Å². The third-order valence-corrected chi connectivity index (χ3v) is 7.63. The smallest absolute Gasteiger partial charge is 0.274 e. The molecule has 0 spiro atoms. The molecule has 1 aliphatic heterocycles. The summed E-state index contributed by atoms with van der Waals surface area (Å²) in [5.74, 6) is -3.75. The number of amides is 3. The van der Waals surface area contributed by atoms with E-state index in [0.717, 1.165) is 12.8 Å². The van der Waals surface area contributed by atoms with Gasteiger partial charge in [0.2, 0.25) is 11.8 Å². The van der Waals surface area contributed by atoms with Crippen LogP contribution in [-0.4, -0.2) is 54.0 Å². The fourth-order valence-corrected chi connectivity index (χ4v) is 5.33. The van der Waals surface area contributed by atoms with Gasteiger partial charge in [-0.25, -0.2) is 9.87 Å². The molecular formula is C30H31Cl2FN4O4. The summed E-state index contributed by atoms with van der Waals surface area (Å²) in [6.45, 7) is 4.30. The van der Waals surface area contributed by atoms with Crippen LogP contribution < -0.4 is 15.7 Å². The Morgan fingerprint density at radius 3 is 2.51 bits per heavy atom. The van der Waals surface area contributed by atoms with Gasteiger partial charge in [-0.05, 0) is 73.4 Å². The molecule has 4 rings (SSSR count). The van der Waals surface area contributed by atoms with E-state index in [1.807, 2.05) is 4.90 Å². The van der Waals surface area contributed by atoms with Gasteiger partial charge in [-0.3, -0.25) is 24.5 Å². The summed E-state index contributed by atoms with van der Waals surface area (Å²) in [6, 6.07) is 11.7. The van der Waals surface area contributed by atoms with Crippen molar-refractivity contribution >= 4 is 52.3 Å². The Labute approximate surface area is 248 Å². The lowest BCUT2D eigenvalue weighted by Gasteiger charge is -2.27. The maximum atomic E-state index is 16.0. The molecule has 0 radical (unpaired) electrons. The van der Waals surface area contributed by atoms with Crippen LogP contribution in [0, 0.1) is 17.8 Å². The third-order valence-electron chi connectivity index (χ3n) is 7.27. The first kappa shape index (κ1) is 30.5. The van der Waals surface area contributed by atoms with Crippen LogP contribution in [0.4, 0.5) is 15.8 Å². The molecule has 2 aromatic carbocycles. The van der Waals surface area contributed by atoms with Crippen LogP contribution in [0.5, 0.6) is 0 Å². The van der Waals surface area contributed by atoms with Crippen LogP contribution in [0.3, 0.4) is 0 Å². The Hall–Kier alpha value is -3.50. The number of anilines is 2. The molecule has 2 fully saturated rings. The van der Waals surface area contributed by atoms with Gasteiger partial charge in [-0.15, -0.1) is 0 Å². The molecule has 8 nitrogen and oxygen atoms in total. The first-order valence-electron chi connectivity index (χ1n) is 13.1. The maximum Gasteiger partial charge on any atom is 0.274 e. The third kappa shape index (κ3) is 7.62. The second-order valence-corrected chi connectivity index (χ2v) is 11.1. The summed E-state index contributed by atoms with van der Waals surface area (Å²) in [4.78, 5) is 42.6. The minimum atomic E-state index is -1.09. The number of hydroxylamine groups is 1. The van der Waals surface area contributed by atoms with Gasteiger partial charge < -0.3 is 10.2 Å². The Morgan fingerprint density at radius 2 is 1.90 bits per heavy atom. The number of benzene rings is 2. The van der Waals surface area contributed by atoms with E-state index in [9.17, 15) is 14.4 Å². The average Bonchev–Trinajstić information content (AvgIpc) is 3.68. The van der Waals surface area contributed by atoms with Crippen LogP contribution in [0.15, 0.2) is 84.2 Å². The van der Waals surface area contributed by atoms with Gasteiger partial charge in [0.1, 0.15) is 5.83 Å². The molecule has 2 aromatic rings. The number of nitrogens with zero attached hydrogens (tertiary/aromatic N) is 2. The number of halogens is 3. The van der Waals surface area contributed by atoms with Crippen molar-refractivity contribution in [2.24, 2.45) is 17.8 Å². The Balaban J connectivity index is 1.68. The number of nitrogens with one attached hydrogen (secondary N) is 2. The van der Waals surface area contributed by atoms with E-state index in [2.05, 4.69) is 11.9 Å². The lowest BCUT2D eigenvalue weighted by atomic mass is 9.87. The molecular weight excluding hydrogens is 570 g/mol. The van der Waals surface area contributed by atoms with Gasteiger partial charge in [0, 0.05) is 53.0 Å². The minimum absolute atomic E-state index is 0.177. The molecule has 1 heterocycles. The second kappa shape index (κ2) is 13.4. The van der Waals surface area contributed by atoms with Gasteiger partial charge in [0.05, 0.1) is 12.0 Å². The molecule has 0 bridgehead atoms. The van der Waals surface area contributed by atoms with Gasteiger partial charge in [0.25, 0.3) is 5.91 Å². The van der Waals surface area contributed by atoms with E-state index in [0.29, 0.717) is 28.9 Å². The lowest BCUT2D eigenvalue weighted by Crippen LogP contribution is -2.44. The van der Waals surface area contributed by atoms with Crippen molar-refractivity contribution < 1.29 is 24.0 Å². The van der Waals surface area contributed by atoms with E-state index >= 15 is 4.39 Å². The largest absolute Gasteiger partial charge is 0.325 e. The number of carbonyl (C=O) groups excluding carboxylic acids is 3. The van der Waals surface area contributed by atoms with Crippen molar-refractivity contribution in [3.63, 3.8) is 0 Å². The van der Waals surface area contributed by atoms with Crippen molar-refractivity contribution in [3.8, 4) is 0 Å². The topological polar surface area (TPSA) is 102 Å². The SMILES string of the molecule is C=C(Cl)/C=C\C=C(/F)C1C(C(=O)Nc2cccc(Cl)c2)N(CC2CC2)C[C@H]1C(=O)N(C)c1ccc(C(=O)NO)cc1. The van der Waals surface area contributed by atoms with Gasteiger partial charge in [-0.2, -0.15) is 0 Å². The second-order valence-electron chi connectivity index (χ2n) is 10.2. The Kier molecular flexibility index (Phi) is 9.99. The minimum Gasteiger partial charge on any atom is -0.325 e. The summed E-state index contributed by atoms with van der Waals surface area (Å²) >= 11 is 11.9. The zero-order valence-corrected chi connectivity index (χ0v) is 23.9. The highest BCUT2D eigenvalue weighted by Gasteiger charge is 2.52. The summed E-state index contributed by atoms with van der Waals surface area (Å²) in [6.07, 6.45) is 6.05. The Bertz CT molecular complexity index is 1380. The number of likely N-dealkylation sites (tertiary alicyclic amines) is 1. The summed E-state index contributed by atoms with van der Waals surface area (Å²) in [7, 11) is 1.56. The number of rotatable bonds is 10. The standard InChI is InChI=1S/C30H31Cl2FN4O4/c1-18(31)5-3-8-25(33)26-24(30(40)36(2)23-13-11-20(12-14-23)28(38)35-41)17-37(16-19-9-10-19)27(26)29(39)34-22-7-4-6-21(32)15-22/h3-8,11-15,19,24,26-27,41H,1,9-10,16-17H2,2H3,(H,34,39)(H,35,38)/b5-3-,25-8-/t24-,26?,27?/m1/s1. The molecule has 3 atom stereocenters. The number of hydrogen-bond donors (Lipinski definition) is 3. The predicted octanol–water partition coefficient (Wildman–Crippen LogP) is 5.55. The average molecular weight is 602 g/mol. The molecule has 11 heteroatoms. The van der Waals surface area contributed by atoms with E-state index in [1.165, 1.54) is 35.3 Å². The molecule has 2 aliphatic rings. The first-order valence-corrected chi connectivity index (χ1v) is 13.8.